The Bertz CT molecular complexity index is 0. The molecular formula is H3As4. The monoisotopic (exact) mass is 303 g/mol. The van der Waals surface area contributed by atoms with E-state index in [1.54, 1.807) is 0 Å². The van der Waals surface area contributed by atoms with Crippen LogP contribution in [0.3, 0.4) is 0 Å². The Hall–Kier alpha value is 2.23. The Labute approximate surface area is 71.1 Å². The van der Waals surface area contributed by atoms with Gasteiger partial charge in [0.2, 0.25) is 0 Å². The van der Waals surface area contributed by atoms with Crippen LogP contribution in [0.2, 0.25) is 0 Å². The maximum Gasteiger partial charge on any atom is 0 e. The van der Waals surface area contributed by atoms with Crippen molar-refractivity contribution in [2.75, 3.05) is 0 Å². The minimum Gasteiger partial charge on any atom is 0 e. The molecule has 4 heteroatoms. The summed E-state index contributed by atoms with van der Waals surface area (Å²) >= 11 is 0. The van der Waals surface area contributed by atoms with E-state index >= 15 is 0 Å². The third-order valence-electron chi connectivity index (χ3n) is 0. The van der Waals surface area contributed by atoms with Gasteiger partial charge in [0, 0.05) is 53.9 Å². The summed E-state index contributed by atoms with van der Waals surface area (Å²) in [4.78, 5) is 0. The van der Waals surface area contributed by atoms with Crippen LogP contribution in [0.1, 0.15) is 0 Å². The quantitative estimate of drug-likeness (QED) is 0.441. The van der Waals surface area contributed by atoms with Crippen LogP contribution in [-0.4, -0.2) is 71.8 Å². The Morgan fingerprint density at radius 2 is 0.500 bits per heavy atom. The molecule has 0 aliphatic carbocycles. The van der Waals surface area contributed by atoms with E-state index < -0.39 is 0 Å². The Balaban J connectivity index is 0. The van der Waals surface area contributed by atoms with Gasteiger partial charge in [0.05, 0.1) is 0 Å². The van der Waals surface area contributed by atoms with Gasteiger partial charge in [-0.3, -0.25) is 0 Å². The normalized spacial score (nSPS) is 0. The molecule has 0 saturated heterocycles. The first kappa shape index (κ1) is 34.2. The fraction of sp³-hybridized carbons (Fsp3) is 0. The summed E-state index contributed by atoms with van der Waals surface area (Å²) in [7, 11) is 0. The van der Waals surface area contributed by atoms with Crippen molar-refractivity contribution in [2.24, 2.45) is 0 Å². The molecule has 0 rings (SSSR count). The van der Waals surface area contributed by atoms with Crippen LogP contribution in [0.4, 0.5) is 0 Å². The second kappa shape index (κ2) is 18.8. The summed E-state index contributed by atoms with van der Waals surface area (Å²) in [5, 5.41) is 0. The van der Waals surface area contributed by atoms with Crippen LogP contribution in [0.25, 0.3) is 0 Å². The summed E-state index contributed by atoms with van der Waals surface area (Å²) in [5.74, 6) is 0. The van der Waals surface area contributed by atoms with Crippen molar-refractivity contribution < 1.29 is 0 Å². The van der Waals surface area contributed by atoms with Crippen LogP contribution in [0.5, 0.6) is 0 Å². The fourth-order valence-electron chi connectivity index (χ4n) is 0. The standard InChI is InChI=1S/AsH3.3As/h1H3;;;. The summed E-state index contributed by atoms with van der Waals surface area (Å²) < 4.78 is 0. The molecule has 0 heterocycles. The van der Waals surface area contributed by atoms with Crippen molar-refractivity contribution in [2.45, 2.75) is 0 Å². The molecule has 1 atom stereocenters. The van der Waals surface area contributed by atoms with E-state index in [1.165, 1.54) is 0 Å². The molecule has 0 aromatic carbocycles. The van der Waals surface area contributed by atoms with E-state index in [0.717, 1.165) is 0 Å². The van der Waals surface area contributed by atoms with Crippen LogP contribution >= 0.6 is 0 Å². The molecule has 0 aliphatic heterocycles. The van der Waals surface area contributed by atoms with E-state index in [0.29, 0.717) is 0 Å². The minimum atomic E-state index is 0. The zero-order valence-corrected chi connectivity index (χ0v) is 10.6. The molecular weight excluding hydrogens is 300 g/mol. The van der Waals surface area contributed by atoms with E-state index in [9.17, 15) is 0 Å². The topological polar surface area (TPSA) is 0 Å². The van der Waals surface area contributed by atoms with Crippen LogP contribution in [-0.2, 0) is 0 Å². The fourth-order valence-corrected chi connectivity index (χ4v) is 0. The molecule has 0 saturated carbocycles. The maximum atomic E-state index is 0. The first-order valence-electron chi connectivity index (χ1n) is 0. The van der Waals surface area contributed by atoms with E-state index in [4.69, 9.17) is 0 Å². The Morgan fingerprint density at radius 1 is 0.500 bits per heavy atom. The molecule has 0 aliphatic rings. The molecule has 0 amide bonds. The summed E-state index contributed by atoms with van der Waals surface area (Å²) in [5.41, 5.74) is 0. The van der Waals surface area contributed by atoms with Gasteiger partial charge in [-0.05, 0) is 0 Å². The molecule has 0 spiro atoms. The molecule has 0 N–H and O–H groups in total. The van der Waals surface area contributed by atoms with Crippen LogP contribution in [0, 0.1) is 0 Å². The van der Waals surface area contributed by atoms with E-state index in [-0.39, 0.29) is 71.8 Å². The van der Waals surface area contributed by atoms with Crippen molar-refractivity contribution in [1.82, 2.24) is 0 Å². The van der Waals surface area contributed by atoms with Crippen molar-refractivity contribution >= 4 is 71.8 Å². The smallest absolute Gasteiger partial charge is 0 e. The SMILES string of the molecule is [AsH3].[As].[As].[As]. The largest absolute Gasteiger partial charge is 0 e. The number of hydrogen-bond donors (Lipinski definition) is 0. The zero-order valence-electron chi connectivity index (χ0n) is 2.05. The average molecular weight is 303 g/mol. The third-order valence-corrected chi connectivity index (χ3v) is 0. The van der Waals surface area contributed by atoms with E-state index in [2.05, 4.69) is 0 Å². The molecule has 4 heavy (non-hydrogen) atoms. The predicted octanol–water partition coefficient (Wildman–Crippen LogP) is -2.33. The minimum absolute atomic E-state index is 0. The van der Waals surface area contributed by atoms with E-state index in [1.807, 2.05) is 0 Å². The summed E-state index contributed by atoms with van der Waals surface area (Å²) in [6.45, 7) is 0. The van der Waals surface area contributed by atoms with Gasteiger partial charge in [-0.1, -0.05) is 0 Å². The van der Waals surface area contributed by atoms with Gasteiger partial charge in [-0.15, -0.1) is 0 Å². The van der Waals surface area contributed by atoms with Gasteiger partial charge in [-0.25, -0.2) is 0 Å². The zero-order chi connectivity index (χ0) is 0. The van der Waals surface area contributed by atoms with Crippen molar-refractivity contribution in [1.29, 1.82) is 0 Å². The van der Waals surface area contributed by atoms with Gasteiger partial charge in [0.1, 0.15) is 0 Å². The maximum absolute atomic E-state index is 0. The summed E-state index contributed by atoms with van der Waals surface area (Å²) in [6.07, 6.45) is 0. The van der Waals surface area contributed by atoms with Crippen LogP contribution in [0.15, 0.2) is 0 Å². The first-order chi connectivity index (χ1) is 0. The molecule has 0 aromatic heterocycles. The van der Waals surface area contributed by atoms with Crippen molar-refractivity contribution in [3.8, 4) is 0 Å². The van der Waals surface area contributed by atoms with Gasteiger partial charge in [0.25, 0.3) is 0 Å². The summed E-state index contributed by atoms with van der Waals surface area (Å²) in [6, 6.07) is 0. The van der Waals surface area contributed by atoms with Gasteiger partial charge < -0.3 is 0 Å². The second-order valence-electron chi connectivity index (χ2n) is 0. The average Bonchev–Trinajstić information content (AvgIpc) is 0. The number of hydrogen-bond acceptors (Lipinski definition) is 0. The molecule has 1 unspecified atom stereocenters. The second-order valence-corrected chi connectivity index (χ2v) is 0. The molecule has 9 radical (unpaired) electrons. The predicted molar refractivity (Wildman–Crippen MR) is 27.2 cm³/mol. The third kappa shape index (κ3) is 8.87. The Kier molecular flexibility index (Phi) is 161. The molecule has 0 fully saturated rings. The molecule has 0 bridgehead atoms. The van der Waals surface area contributed by atoms with Crippen LogP contribution < -0.4 is 0 Å². The van der Waals surface area contributed by atoms with Gasteiger partial charge in [0.15, 0.2) is 0 Å². The van der Waals surface area contributed by atoms with Crippen molar-refractivity contribution in [3.63, 3.8) is 0 Å². The molecule has 0 aromatic rings. The number of rotatable bonds is 0. The van der Waals surface area contributed by atoms with Crippen molar-refractivity contribution in [3.05, 3.63) is 0 Å². The molecule has 23 valence electrons. The Morgan fingerprint density at radius 3 is 0.500 bits per heavy atom. The molecule has 0 nitrogen and oxygen atoms in total. The van der Waals surface area contributed by atoms with Gasteiger partial charge in [-0.2, -0.15) is 0 Å². The first-order valence-corrected chi connectivity index (χ1v) is 0. The van der Waals surface area contributed by atoms with Gasteiger partial charge >= 0.3 is 18.0 Å².